The van der Waals surface area contributed by atoms with Crippen LogP contribution in [0.1, 0.15) is 23.1 Å². The monoisotopic (exact) mass is 509 g/mol. The number of methoxy groups -OCH3 is 2. The molecule has 190 valence electrons. The Morgan fingerprint density at radius 2 is 1.58 bits per heavy atom. The molecule has 0 aliphatic carbocycles. The molecule has 0 saturated carbocycles. The van der Waals surface area contributed by atoms with E-state index >= 15 is 0 Å². The molecule has 8 heteroatoms. The first-order valence-corrected chi connectivity index (χ1v) is 12.6. The fraction of sp³-hybridized carbons (Fsp3) is 0.286. The number of rotatable bonds is 13. The number of para-hydroxylation sites is 1. The number of carboxylic acids is 1. The van der Waals surface area contributed by atoms with E-state index in [1.807, 2.05) is 78.9 Å². The molecule has 0 bridgehead atoms. The Morgan fingerprint density at radius 3 is 2.25 bits per heavy atom. The van der Waals surface area contributed by atoms with Crippen LogP contribution in [0.3, 0.4) is 0 Å². The van der Waals surface area contributed by atoms with Gasteiger partial charge in [0.25, 0.3) is 0 Å². The Bertz CT molecular complexity index is 1110. The summed E-state index contributed by atoms with van der Waals surface area (Å²) in [5.41, 5.74) is 2.82. The number of carboxylic acid groups (broad SMARTS) is 1. The maximum atomic E-state index is 12.5. The number of alkyl carbamates (subject to hydrolysis) is 1. The number of carbonyl (C=O) groups is 2. The normalized spacial score (nSPS) is 12.3. The van der Waals surface area contributed by atoms with Crippen LogP contribution >= 0.6 is 11.8 Å². The van der Waals surface area contributed by atoms with Crippen LogP contribution in [-0.4, -0.2) is 42.7 Å². The van der Waals surface area contributed by atoms with E-state index in [1.54, 1.807) is 14.2 Å². The lowest BCUT2D eigenvalue weighted by molar-refractivity contribution is -0.139. The number of amides is 1. The smallest absolute Gasteiger partial charge is 0.408 e. The summed E-state index contributed by atoms with van der Waals surface area (Å²) in [6.07, 6.45) is 0.338. The van der Waals surface area contributed by atoms with Crippen molar-refractivity contribution in [2.45, 2.75) is 36.5 Å². The highest BCUT2D eigenvalue weighted by Crippen LogP contribution is 2.28. The highest BCUT2D eigenvalue weighted by molar-refractivity contribution is 7.99. The number of ether oxygens (including phenoxy) is 3. The summed E-state index contributed by atoms with van der Waals surface area (Å²) in [5, 5.41) is 12.2. The van der Waals surface area contributed by atoms with Crippen molar-refractivity contribution < 1.29 is 28.9 Å². The van der Waals surface area contributed by atoms with Crippen LogP contribution < -0.4 is 14.8 Å². The quantitative estimate of drug-likeness (QED) is 0.322. The number of carbonyl (C=O) groups excluding carboxylic acids is 1. The molecule has 3 aromatic rings. The van der Waals surface area contributed by atoms with Crippen molar-refractivity contribution in [1.82, 2.24) is 5.32 Å². The van der Waals surface area contributed by atoms with Gasteiger partial charge in [0.05, 0.1) is 14.2 Å². The van der Waals surface area contributed by atoms with Gasteiger partial charge < -0.3 is 24.6 Å². The Balaban J connectivity index is 1.71. The summed E-state index contributed by atoms with van der Waals surface area (Å²) in [6.45, 7) is 0.0594. The van der Waals surface area contributed by atoms with E-state index < -0.39 is 23.4 Å². The molecule has 2 atom stereocenters. The van der Waals surface area contributed by atoms with Crippen LogP contribution in [0.2, 0.25) is 0 Å². The van der Waals surface area contributed by atoms with Crippen molar-refractivity contribution in [3.05, 3.63) is 95.6 Å². The van der Waals surface area contributed by atoms with Crippen molar-refractivity contribution in [3.8, 4) is 11.5 Å². The third kappa shape index (κ3) is 8.23. The number of aryl methyl sites for hydroxylation is 1. The molecule has 1 amide bonds. The number of hydrogen-bond donors (Lipinski definition) is 2. The average Bonchev–Trinajstić information content (AvgIpc) is 2.92. The summed E-state index contributed by atoms with van der Waals surface area (Å²) in [7, 11) is 3.22. The van der Waals surface area contributed by atoms with E-state index in [4.69, 9.17) is 14.2 Å². The second-order valence-corrected chi connectivity index (χ2v) is 9.30. The molecular weight excluding hydrogens is 478 g/mol. The van der Waals surface area contributed by atoms with Crippen LogP contribution in [0, 0.1) is 0 Å². The van der Waals surface area contributed by atoms with Crippen LogP contribution in [0.5, 0.6) is 11.5 Å². The van der Waals surface area contributed by atoms with Gasteiger partial charge >= 0.3 is 12.1 Å². The molecule has 36 heavy (non-hydrogen) atoms. The van der Waals surface area contributed by atoms with Crippen molar-refractivity contribution in [2.75, 3.05) is 14.2 Å². The van der Waals surface area contributed by atoms with E-state index in [0.29, 0.717) is 18.6 Å². The maximum Gasteiger partial charge on any atom is 0.408 e. The summed E-state index contributed by atoms with van der Waals surface area (Å²) in [5.74, 6) is 0.964. The SMILES string of the molecule is COc1ccc(CSC(CCc2ccccc2OC)C(NC(=O)OCc2ccccc2)C(=O)O)cc1. The third-order valence-corrected chi connectivity index (χ3v) is 7.07. The van der Waals surface area contributed by atoms with Gasteiger partial charge in [-0.2, -0.15) is 11.8 Å². The first-order valence-electron chi connectivity index (χ1n) is 11.6. The van der Waals surface area contributed by atoms with E-state index in [-0.39, 0.29) is 6.61 Å². The molecule has 3 rings (SSSR count). The van der Waals surface area contributed by atoms with Crippen LogP contribution in [0.25, 0.3) is 0 Å². The molecule has 0 fully saturated rings. The zero-order valence-corrected chi connectivity index (χ0v) is 21.2. The van der Waals surface area contributed by atoms with Crippen molar-refractivity contribution in [2.24, 2.45) is 0 Å². The van der Waals surface area contributed by atoms with E-state index in [2.05, 4.69) is 5.32 Å². The molecule has 0 aromatic heterocycles. The van der Waals surface area contributed by atoms with Gasteiger partial charge in [-0.25, -0.2) is 9.59 Å². The minimum atomic E-state index is -1.13. The standard InChI is InChI=1S/C28H31NO6S/c1-33-23-15-12-21(13-16-23)19-36-25(17-14-22-10-6-7-11-24(22)34-2)26(27(30)31)29-28(32)35-18-20-8-4-3-5-9-20/h3-13,15-16,25-26H,14,17-19H2,1-2H3,(H,29,32)(H,30,31). The third-order valence-electron chi connectivity index (χ3n) is 5.64. The van der Waals surface area contributed by atoms with Gasteiger partial charge in [-0.05, 0) is 47.7 Å². The fourth-order valence-corrected chi connectivity index (χ4v) is 4.94. The summed E-state index contributed by atoms with van der Waals surface area (Å²) >= 11 is 1.48. The second-order valence-electron chi connectivity index (χ2n) is 8.07. The molecule has 0 heterocycles. The average molecular weight is 510 g/mol. The number of nitrogens with one attached hydrogen (secondary N) is 1. The summed E-state index contributed by atoms with van der Waals surface area (Å²) in [6, 6.07) is 23.4. The van der Waals surface area contributed by atoms with Crippen molar-refractivity contribution in [1.29, 1.82) is 0 Å². The Labute approximate surface area is 215 Å². The lowest BCUT2D eigenvalue weighted by atomic mass is 10.0. The highest BCUT2D eigenvalue weighted by Gasteiger charge is 2.31. The first kappa shape index (κ1) is 26.9. The number of hydrogen-bond acceptors (Lipinski definition) is 6. The van der Waals surface area contributed by atoms with Gasteiger partial charge in [-0.1, -0.05) is 60.7 Å². The molecule has 7 nitrogen and oxygen atoms in total. The molecular formula is C28H31NO6S. The molecule has 0 radical (unpaired) electrons. The predicted molar refractivity (Wildman–Crippen MR) is 141 cm³/mol. The largest absolute Gasteiger partial charge is 0.497 e. The van der Waals surface area contributed by atoms with E-state index in [0.717, 1.165) is 28.2 Å². The topological polar surface area (TPSA) is 94.1 Å². The van der Waals surface area contributed by atoms with Gasteiger partial charge in [0.1, 0.15) is 24.1 Å². The Hall–Kier alpha value is -3.65. The zero-order valence-electron chi connectivity index (χ0n) is 20.4. The lowest BCUT2D eigenvalue weighted by Crippen LogP contribution is -2.48. The van der Waals surface area contributed by atoms with Gasteiger partial charge in [0.2, 0.25) is 0 Å². The van der Waals surface area contributed by atoms with Gasteiger partial charge in [0, 0.05) is 11.0 Å². The predicted octanol–water partition coefficient (Wildman–Crippen LogP) is 5.32. The Morgan fingerprint density at radius 1 is 0.889 bits per heavy atom. The molecule has 0 aliphatic heterocycles. The fourth-order valence-electron chi connectivity index (χ4n) is 3.68. The summed E-state index contributed by atoms with van der Waals surface area (Å²) in [4.78, 5) is 24.8. The van der Waals surface area contributed by atoms with Crippen LogP contribution in [0.4, 0.5) is 4.79 Å². The molecule has 2 N–H and O–H groups in total. The molecule has 2 unspecified atom stereocenters. The number of aliphatic carboxylic acids is 1. The Kier molecular flexibility index (Phi) is 10.5. The van der Waals surface area contributed by atoms with E-state index in [9.17, 15) is 14.7 Å². The van der Waals surface area contributed by atoms with E-state index in [1.165, 1.54) is 11.8 Å². The second kappa shape index (κ2) is 14.0. The minimum absolute atomic E-state index is 0.0594. The zero-order chi connectivity index (χ0) is 25.8. The van der Waals surface area contributed by atoms with Crippen LogP contribution in [0.15, 0.2) is 78.9 Å². The molecule has 0 spiro atoms. The number of benzene rings is 3. The van der Waals surface area contributed by atoms with Crippen molar-refractivity contribution in [3.63, 3.8) is 0 Å². The molecule has 3 aromatic carbocycles. The number of thioether (sulfide) groups is 1. The molecule has 0 saturated heterocycles. The minimum Gasteiger partial charge on any atom is -0.497 e. The van der Waals surface area contributed by atoms with Gasteiger partial charge in [-0.3, -0.25) is 0 Å². The highest BCUT2D eigenvalue weighted by atomic mass is 32.2. The van der Waals surface area contributed by atoms with Gasteiger partial charge in [-0.15, -0.1) is 0 Å². The van der Waals surface area contributed by atoms with Crippen molar-refractivity contribution >= 4 is 23.8 Å². The maximum absolute atomic E-state index is 12.5. The van der Waals surface area contributed by atoms with Gasteiger partial charge in [0.15, 0.2) is 0 Å². The molecule has 0 aliphatic rings. The summed E-state index contributed by atoms with van der Waals surface area (Å²) < 4.78 is 16.0. The first-order chi connectivity index (χ1) is 17.5. The lowest BCUT2D eigenvalue weighted by Gasteiger charge is -2.25. The van der Waals surface area contributed by atoms with Crippen LogP contribution in [-0.2, 0) is 28.3 Å².